The molecule has 4 atom stereocenters. The number of nitrogens with zero attached hydrogens (tertiary/aromatic N) is 2. The summed E-state index contributed by atoms with van der Waals surface area (Å²) in [4.78, 5) is 34.6. The Labute approximate surface area is 192 Å². The number of aromatic nitrogens is 1. The van der Waals surface area contributed by atoms with E-state index in [0.717, 1.165) is 28.6 Å². The third kappa shape index (κ3) is 2.95. The van der Waals surface area contributed by atoms with Crippen molar-refractivity contribution in [3.05, 3.63) is 29.5 Å². The number of aliphatic hydroxyl groups is 1. The molecule has 0 bridgehead atoms. The van der Waals surface area contributed by atoms with Crippen LogP contribution in [0.3, 0.4) is 0 Å². The third-order valence-electron chi connectivity index (χ3n) is 7.28. The van der Waals surface area contributed by atoms with Crippen LogP contribution < -0.4 is 4.74 Å². The maximum Gasteiger partial charge on any atom is 0.280 e. The molecule has 4 heterocycles. The number of carbonyl (C=O) groups is 2. The predicted octanol–water partition coefficient (Wildman–Crippen LogP) is 2.26. The molecule has 9 heteroatoms. The molecule has 1 aromatic carbocycles. The monoisotopic (exact) mass is 457 g/mol. The van der Waals surface area contributed by atoms with Gasteiger partial charge in [0, 0.05) is 55.4 Å². The van der Waals surface area contributed by atoms with Gasteiger partial charge in [0.15, 0.2) is 0 Å². The van der Waals surface area contributed by atoms with Gasteiger partial charge in [0.2, 0.25) is 5.91 Å². The first-order valence-electron chi connectivity index (χ1n) is 11.3. The van der Waals surface area contributed by atoms with Crippen LogP contribution in [0.4, 0.5) is 0 Å². The van der Waals surface area contributed by atoms with Crippen molar-refractivity contribution >= 4 is 22.7 Å². The molecule has 0 spiro atoms. The van der Waals surface area contributed by atoms with E-state index in [4.69, 9.17) is 14.2 Å². The van der Waals surface area contributed by atoms with Gasteiger partial charge in [-0.3, -0.25) is 14.5 Å². The number of H-pyrrole nitrogens is 1. The summed E-state index contributed by atoms with van der Waals surface area (Å²) in [6.07, 6.45) is 0.745. The fraction of sp³-hybridized carbons (Fsp3) is 0.583. The van der Waals surface area contributed by atoms with Crippen LogP contribution in [0, 0.1) is 0 Å². The van der Waals surface area contributed by atoms with E-state index < -0.39 is 29.5 Å². The van der Waals surface area contributed by atoms with Gasteiger partial charge in [-0.25, -0.2) is 0 Å². The lowest BCUT2D eigenvalue weighted by atomic mass is 9.79. The van der Waals surface area contributed by atoms with Gasteiger partial charge in [0.25, 0.3) is 11.6 Å². The number of hydrogen-bond acceptors (Lipinski definition) is 6. The van der Waals surface area contributed by atoms with Crippen molar-refractivity contribution in [3.63, 3.8) is 0 Å². The molecule has 33 heavy (non-hydrogen) atoms. The molecule has 3 aliphatic heterocycles. The van der Waals surface area contributed by atoms with Gasteiger partial charge < -0.3 is 29.2 Å². The highest BCUT2D eigenvalue weighted by atomic mass is 16.6. The molecule has 3 aliphatic rings. The maximum absolute atomic E-state index is 14.0. The molecule has 0 aliphatic carbocycles. The molecule has 0 saturated carbocycles. The van der Waals surface area contributed by atoms with E-state index in [0.29, 0.717) is 18.7 Å². The largest absolute Gasteiger partial charge is 0.497 e. The molecule has 2 fully saturated rings. The third-order valence-corrected chi connectivity index (χ3v) is 7.28. The minimum atomic E-state index is -1.66. The zero-order chi connectivity index (χ0) is 23.7. The number of piperazine rings is 1. The van der Waals surface area contributed by atoms with E-state index in [2.05, 4.69) is 4.98 Å². The Morgan fingerprint density at radius 2 is 2.00 bits per heavy atom. The van der Waals surface area contributed by atoms with Gasteiger partial charge in [-0.05, 0) is 38.8 Å². The highest BCUT2D eigenvalue weighted by Crippen LogP contribution is 2.55. The number of carbonyl (C=O) groups excluding carboxylic acids is 2. The highest BCUT2D eigenvalue weighted by molar-refractivity contribution is 6.02. The summed E-state index contributed by atoms with van der Waals surface area (Å²) < 4.78 is 17.4. The molecule has 5 rings (SSSR count). The topological polar surface area (TPSA) is 104 Å². The fourth-order valence-electron chi connectivity index (χ4n) is 5.98. The van der Waals surface area contributed by atoms with Gasteiger partial charge in [-0.15, -0.1) is 0 Å². The summed E-state index contributed by atoms with van der Waals surface area (Å²) in [5.41, 5.74) is -0.459. The molecule has 2 aromatic rings. The van der Waals surface area contributed by atoms with Crippen molar-refractivity contribution in [1.29, 1.82) is 0 Å². The van der Waals surface area contributed by atoms with Crippen LogP contribution in [0.15, 0.2) is 18.2 Å². The highest BCUT2D eigenvalue weighted by Gasteiger charge is 2.67. The van der Waals surface area contributed by atoms with Crippen LogP contribution in [0.2, 0.25) is 0 Å². The molecular weight excluding hydrogens is 426 g/mol. The Bertz CT molecular complexity index is 1120. The van der Waals surface area contributed by atoms with E-state index in [1.165, 1.54) is 14.2 Å². The molecule has 0 unspecified atom stereocenters. The van der Waals surface area contributed by atoms with Crippen molar-refractivity contribution in [3.8, 4) is 5.75 Å². The Morgan fingerprint density at radius 3 is 2.64 bits per heavy atom. The standard InChI is InChI=1S/C24H31N3O6/c1-23(2,30)12-17-19-18(14-9-8-13(31-3)11-15(14)25-19)20(32-4)24(33-5)22(29)26-10-6-7-16(26)21(28)27(17)24/h8-9,11,16-17,20,25,30H,6-7,10,12H2,1-5H3/t16-,17-,20-,24-/m0/s1. The summed E-state index contributed by atoms with van der Waals surface area (Å²) in [5, 5.41) is 11.7. The van der Waals surface area contributed by atoms with Gasteiger partial charge in [-0.1, -0.05) is 0 Å². The van der Waals surface area contributed by atoms with E-state index in [1.54, 1.807) is 30.8 Å². The lowest BCUT2D eigenvalue weighted by Crippen LogP contribution is -2.75. The van der Waals surface area contributed by atoms with Gasteiger partial charge in [0.05, 0.1) is 18.8 Å². The summed E-state index contributed by atoms with van der Waals surface area (Å²) in [5.74, 6) is 0.237. The Morgan fingerprint density at radius 1 is 1.24 bits per heavy atom. The molecular formula is C24H31N3O6. The summed E-state index contributed by atoms with van der Waals surface area (Å²) in [6, 6.07) is 4.52. The van der Waals surface area contributed by atoms with Crippen molar-refractivity contribution in [2.45, 2.75) is 62.6 Å². The van der Waals surface area contributed by atoms with Gasteiger partial charge >= 0.3 is 0 Å². The lowest BCUT2D eigenvalue weighted by molar-refractivity contribution is -0.247. The number of ether oxygens (including phenoxy) is 3. The summed E-state index contributed by atoms with van der Waals surface area (Å²) in [6.45, 7) is 3.92. The number of benzene rings is 1. The van der Waals surface area contributed by atoms with Gasteiger partial charge in [-0.2, -0.15) is 0 Å². The van der Waals surface area contributed by atoms with Crippen molar-refractivity contribution in [2.24, 2.45) is 0 Å². The van der Waals surface area contributed by atoms with Crippen LogP contribution >= 0.6 is 0 Å². The molecule has 1 aromatic heterocycles. The average Bonchev–Trinajstić information content (AvgIpc) is 3.41. The first-order valence-corrected chi connectivity index (χ1v) is 11.3. The van der Waals surface area contributed by atoms with Gasteiger partial charge in [0.1, 0.15) is 17.9 Å². The Balaban J connectivity index is 1.82. The van der Waals surface area contributed by atoms with E-state index >= 15 is 0 Å². The predicted molar refractivity (Wildman–Crippen MR) is 120 cm³/mol. The molecule has 2 amide bonds. The van der Waals surface area contributed by atoms with Crippen molar-refractivity contribution < 1.29 is 28.9 Å². The number of fused-ring (bicyclic) bond motifs is 5. The quantitative estimate of drug-likeness (QED) is 0.714. The first-order chi connectivity index (χ1) is 15.7. The average molecular weight is 458 g/mol. The smallest absolute Gasteiger partial charge is 0.280 e. The Hall–Kier alpha value is -2.62. The number of nitrogens with one attached hydrogen (secondary N) is 1. The van der Waals surface area contributed by atoms with Crippen molar-refractivity contribution in [1.82, 2.24) is 14.8 Å². The number of rotatable bonds is 5. The second-order valence-corrected chi connectivity index (χ2v) is 9.78. The van der Waals surface area contributed by atoms with Crippen LogP contribution in [-0.4, -0.2) is 76.9 Å². The van der Waals surface area contributed by atoms with E-state index in [1.807, 2.05) is 18.2 Å². The first kappa shape index (κ1) is 22.2. The minimum Gasteiger partial charge on any atom is -0.497 e. The van der Waals surface area contributed by atoms with Crippen LogP contribution in [0.5, 0.6) is 5.75 Å². The Kier molecular flexibility index (Phi) is 5.00. The zero-order valence-electron chi connectivity index (χ0n) is 19.7. The number of methoxy groups -OCH3 is 3. The van der Waals surface area contributed by atoms with E-state index in [9.17, 15) is 14.7 Å². The molecule has 9 nitrogen and oxygen atoms in total. The maximum atomic E-state index is 14.0. The number of hydrogen-bond donors (Lipinski definition) is 2. The second-order valence-electron chi connectivity index (χ2n) is 9.78. The molecule has 0 radical (unpaired) electrons. The zero-order valence-corrected chi connectivity index (χ0v) is 19.7. The molecule has 178 valence electrons. The summed E-state index contributed by atoms with van der Waals surface area (Å²) >= 11 is 0. The minimum absolute atomic E-state index is 0.174. The molecule has 2 N–H and O–H groups in total. The van der Waals surface area contributed by atoms with Crippen LogP contribution in [0.1, 0.15) is 56.5 Å². The second kappa shape index (κ2) is 7.44. The number of aromatic amines is 1. The normalized spacial score (nSPS) is 29.3. The van der Waals surface area contributed by atoms with E-state index in [-0.39, 0.29) is 18.2 Å². The van der Waals surface area contributed by atoms with Crippen LogP contribution in [-0.2, 0) is 19.1 Å². The fourth-order valence-corrected chi connectivity index (χ4v) is 5.98. The number of amides is 2. The van der Waals surface area contributed by atoms with Crippen molar-refractivity contribution in [2.75, 3.05) is 27.9 Å². The summed E-state index contributed by atoms with van der Waals surface area (Å²) in [7, 11) is 4.58. The lowest BCUT2D eigenvalue weighted by Gasteiger charge is -2.57. The van der Waals surface area contributed by atoms with Crippen LogP contribution in [0.25, 0.3) is 10.9 Å². The molecule has 2 saturated heterocycles. The SMILES string of the molecule is COc1ccc2c3c([nH]c2c1)[C@H](CC(C)(C)O)N1C(=O)[C@@H]2CCCN2C(=O)[C@@]1(OC)[C@H]3OC.